The van der Waals surface area contributed by atoms with Crippen molar-refractivity contribution in [2.24, 2.45) is 0 Å². The van der Waals surface area contributed by atoms with Gasteiger partial charge in [0.1, 0.15) is 0 Å². The number of nitrogens with one attached hydrogen (secondary N) is 2. The van der Waals surface area contributed by atoms with Crippen LogP contribution in [0.2, 0.25) is 0 Å². The van der Waals surface area contributed by atoms with Crippen molar-refractivity contribution in [3.8, 4) is 0 Å². The average molecular weight is 367 g/mol. The molecule has 0 amide bonds. The van der Waals surface area contributed by atoms with Crippen molar-refractivity contribution < 1.29 is 0 Å². The van der Waals surface area contributed by atoms with Crippen molar-refractivity contribution in [1.82, 2.24) is 15.1 Å². The van der Waals surface area contributed by atoms with E-state index in [0.29, 0.717) is 5.11 Å². The molecule has 4 nitrogen and oxygen atoms in total. The Labute approximate surface area is 139 Å². The van der Waals surface area contributed by atoms with Crippen molar-refractivity contribution in [2.45, 2.75) is 33.4 Å². The lowest BCUT2D eigenvalue weighted by molar-refractivity contribution is 0.633. The molecule has 0 bridgehead atoms. The van der Waals surface area contributed by atoms with E-state index in [9.17, 15) is 0 Å². The molecule has 1 heterocycles. The second-order valence-electron chi connectivity index (χ2n) is 4.83. The lowest BCUT2D eigenvalue weighted by atomic mass is 10.1. The number of thiocarbonyl (C=S) groups is 1. The van der Waals surface area contributed by atoms with Gasteiger partial charge in [0.05, 0.1) is 12.2 Å². The fraction of sp³-hybridized carbons (Fsp3) is 0.333. The summed E-state index contributed by atoms with van der Waals surface area (Å²) in [7, 11) is 0. The van der Waals surface area contributed by atoms with Gasteiger partial charge in [-0.3, -0.25) is 4.68 Å². The summed E-state index contributed by atoms with van der Waals surface area (Å²) < 4.78 is 3.03. The predicted molar refractivity (Wildman–Crippen MR) is 94.6 cm³/mol. The van der Waals surface area contributed by atoms with Crippen LogP contribution >= 0.6 is 28.1 Å². The fourth-order valence-corrected chi connectivity index (χ4v) is 2.74. The molecule has 0 fully saturated rings. The molecule has 0 spiro atoms. The lowest BCUT2D eigenvalue weighted by Gasteiger charge is -2.17. The third-order valence-electron chi connectivity index (χ3n) is 3.36. The highest BCUT2D eigenvalue weighted by Gasteiger charge is 2.13. The summed E-state index contributed by atoms with van der Waals surface area (Å²) in [4.78, 5) is 0. The molecular formula is C15H19BrN4S. The Hall–Kier alpha value is -1.40. The first kappa shape index (κ1) is 16.0. The van der Waals surface area contributed by atoms with Gasteiger partial charge < -0.3 is 10.6 Å². The van der Waals surface area contributed by atoms with Gasteiger partial charge in [-0.2, -0.15) is 5.10 Å². The van der Waals surface area contributed by atoms with Gasteiger partial charge in [-0.05, 0) is 57.3 Å². The summed E-state index contributed by atoms with van der Waals surface area (Å²) in [5, 5.41) is 11.4. The molecule has 112 valence electrons. The molecule has 1 unspecified atom stereocenters. The summed E-state index contributed by atoms with van der Waals surface area (Å²) in [6, 6.07) is 8.01. The minimum Gasteiger partial charge on any atom is -0.356 e. The maximum absolute atomic E-state index is 5.36. The third-order valence-corrected chi connectivity index (χ3v) is 4.11. The quantitative estimate of drug-likeness (QED) is 0.801. The number of nitrogens with zero attached hydrogens (tertiary/aromatic N) is 2. The standard InChI is InChI=1S/C15H19BrN4S/c1-4-20-11(3)14(9-17-20)10(2)18-15(21)19-13-7-5-12(16)6-8-13/h5-10H,4H2,1-3H3,(H2,18,19,21). The molecule has 2 N–H and O–H groups in total. The second kappa shape index (κ2) is 7.04. The molecule has 6 heteroatoms. The molecule has 21 heavy (non-hydrogen) atoms. The summed E-state index contributed by atoms with van der Waals surface area (Å²) in [5.41, 5.74) is 3.30. The number of rotatable bonds is 4. The van der Waals surface area contributed by atoms with Gasteiger partial charge in [0.2, 0.25) is 0 Å². The zero-order chi connectivity index (χ0) is 15.4. The third kappa shape index (κ3) is 4.04. The van der Waals surface area contributed by atoms with Crippen LogP contribution in [-0.4, -0.2) is 14.9 Å². The first-order valence-electron chi connectivity index (χ1n) is 6.86. The highest BCUT2D eigenvalue weighted by Crippen LogP contribution is 2.18. The lowest BCUT2D eigenvalue weighted by Crippen LogP contribution is -2.31. The van der Waals surface area contributed by atoms with Crippen molar-refractivity contribution >= 4 is 38.9 Å². The van der Waals surface area contributed by atoms with E-state index >= 15 is 0 Å². The van der Waals surface area contributed by atoms with Crippen LogP contribution < -0.4 is 10.6 Å². The highest BCUT2D eigenvalue weighted by atomic mass is 79.9. The van der Waals surface area contributed by atoms with Gasteiger partial charge >= 0.3 is 0 Å². The van der Waals surface area contributed by atoms with Gasteiger partial charge in [0.25, 0.3) is 0 Å². The van der Waals surface area contributed by atoms with Crippen LogP contribution in [0.25, 0.3) is 0 Å². The van der Waals surface area contributed by atoms with Gasteiger partial charge in [-0.15, -0.1) is 0 Å². The topological polar surface area (TPSA) is 41.9 Å². The minimum atomic E-state index is 0.112. The highest BCUT2D eigenvalue weighted by molar-refractivity contribution is 9.10. The van der Waals surface area contributed by atoms with Crippen LogP contribution in [0.3, 0.4) is 0 Å². The normalized spacial score (nSPS) is 12.0. The smallest absolute Gasteiger partial charge is 0.171 e. The van der Waals surface area contributed by atoms with E-state index in [0.717, 1.165) is 22.3 Å². The van der Waals surface area contributed by atoms with E-state index < -0.39 is 0 Å². The molecule has 1 aromatic heterocycles. The van der Waals surface area contributed by atoms with Crippen molar-refractivity contribution in [3.05, 3.63) is 46.2 Å². The van der Waals surface area contributed by atoms with E-state index in [-0.39, 0.29) is 6.04 Å². The van der Waals surface area contributed by atoms with Crippen LogP contribution in [-0.2, 0) is 6.54 Å². The van der Waals surface area contributed by atoms with Gasteiger partial charge in [-0.1, -0.05) is 15.9 Å². The summed E-state index contributed by atoms with van der Waals surface area (Å²) >= 11 is 8.78. The second-order valence-corrected chi connectivity index (χ2v) is 6.15. The summed E-state index contributed by atoms with van der Waals surface area (Å²) in [6.07, 6.45) is 1.90. The first-order valence-corrected chi connectivity index (χ1v) is 8.06. The van der Waals surface area contributed by atoms with Gasteiger partial charge in [-0.25, -0.2) is 0 Å². The van der Waals surface area contributed by atoms with Crippen LogP contribution in [0.5, 0.6) is 0 Å². The number of halogens is 1. The molecule has 1 atom stereocenters. The molecule has 0 saturated heterocycles. The number of aromatic nitrogens is 2. The molecule has 0 radical (unpaired) electrons. The van der Waals surface area contributed by atoms with Crippen LogP contribution in [0.15, 0.2) is 34.9 Å². The maximum Gasteiger partial charge on any atom is 0.171 e. The molecule has 1 aromatic carbocycles. The van der Waals surface area contributed by atoms with E-state index in [1.807, 2.05) is 35.1 Å². The largest absolute Gasteiger partial charge is 0.356 e. The Morgan fingerprint density at radius 1 is 1.38 bits per heavy atom. The summed E-state index contributed by atoms with van der Waals surface area (Å²) in [6.45, 7) is 7.12. The number of hydrogen-bond donors (Lipinski definition) is 2. The van der Waals surface area contributed by atoms with Crippen LogP contribution in [0, 0.1) is 6.92 Å². The monoisotopic (exact) mass is 366 g/mol. The van der Waals surface area contributed by atoms with Gasteiger partial charge in [0, 0.05) is 28.0 Å². The average Bonchev–Trinajstić information content (AvgIpc) is 2.82. The van der Waals surface area contributed by atoms with Crippen LogP contribution in [0.4, 0.5) is 5.69 Å². The zero-order valence-electron chi connectivity index (χ0n) is 12.4. The van der Waals surface area contributed by atoms with Crippen molar-refractivity contribution in [2.75, 3.05) is 5.32 Å². The van der Waals surface area contributed by atoms with E-state index in [4.69, 9.17) is 12.2 Å². The minimum absolute atomic E-state index is 0.112. The number of hydrogen-bond acceptors (Lipinski definition) is 2. The Morgan fingerprint density at radius 3 is 2.62 bits per heavy atom. The molecule has 0 aliphatic carbocycles. The molecule has 0 saturated carbocycles. The molecule has 0 aliphatic heterocycles. The SMILES string of the molecule is CCn1ncc(C(C)NC(=S)Nc2ccc(Br)cc2)c1C. The number of benzene rings is 1. The molecule has 2 rings (SSSR count). The Bertz CT molecular complexity index is 621. The fourth-order valence-electron chi connectivity index (χ4n) is 2.18. The molecule has 0 aliphatic rings. The molecular weight excluding hydrogens is 348 g/mol. The Kier molecular flexibility index (Phi) is 5.36. The van der Waals surface area contributed by atoms with Gasteiger partial charge in [0.15, 0.2) is 5.11 Å². The van der Waals surface area contributed by atoms with Crippen molar-refractivity contribution in [1.29, 1.82) is 0 Å². The van der Waals surface area contributed by atoms with Crippen molar-refractivity contribution in [3.63, 3.8) is 0 Å². The Morgan fingerprint density at radius 2 is 2.05 bits per heavy atom. The maximum atomic E-state index is 5.36. The van der Waals surface area contributed by atoms with E-state index in [2.05, 4.69) is 52.4 Å². The number of aryl methyl sites for hydroxylation is 1. The van der Waals surface area contributed by atoms with Crippen LogP contribution in [0.1, 0.15) is 31.1 Å². The van der Waals surface area contributed by atoms with E-state index in [1.165, 1.54) is 5.69 Å². The predicted octanol–water partition coefficient (Wildman–Crippen LogP) is 4.02. The summed E-state index contributed by atoms with van der Waals surface area (Å²) in [5.74, 6) is 0. The first-order chi connectivity index (χ1) is 10.0. The number of anilines is 1. The van der Waals surface area contributed by atoms with E-state index in [1.54, 1.807) is 0 Å². The zero-order valence-corrected chi connectivity index (χ0v) is 14.8. The Balaban J connectivity index is 1.98. The molecule has 2 aromatic rings.